The van der Waals surface area contributed by atoms with E-state index >= 15 is 0 Å². The van der Waals surface area contributed by atoms with Gasteiger partial charge in [-0.1, -0.05) is 12.1 Å². The van der Waals surface area contributed by atoms with E-state index in [0.29, 0.717) is 22.2 Å². The molecular formula is C14H11ClN4O3. The second kappa shape index (κ2) is 5.82. The van der Waals surface area contributed by atoms with Gasteiger partial charge in [-0.05, 0) is 18.2 Å². The lowest BCUT2D eigenvalue weighted by Gasteiger charge is -2.04. The summed E-state index contributed by atoms with van der Waals surface area (Å²) in [7, 11) is 0. The van der Waals surface area contributed by atoms with Gasteiger partial charge in [-0.15, -0.1) is 12.4 Å². The molecule has 0 fully saturated rings. The fourth-order valence-corrected chi connectivity index (χ4v) is 2.06. The summed E-state index contributed by atoms with van der Waals surface area (Å²) >= 11 is 0. The van der Waals surface area contributed by atoms with Gasteiger partial charge >= 0.3 is 0 Å². The lowest BCUT2D eigenvalue weighted by Crippen LogP contribution is -2.10. The highest BCUT2D eigenvalue weighted by atomic mass is 35.5. The van der Waals surface area contributed by atoms with Crippen LogP contribution in [0.25, 0.3) is 22.3 Å². The Bertz CT molecular complexity index is 923. The summed E-state index contributed by atoms with van der Waals surface area (Å²) in [5, 5.41) is 11.2. The predicted molar refractivity (Wildman–Crippen MR) is 86.1 cm³/mol. The van der Waals surface area contributed by atoms with Crippen LogP contribution in [0.1, 0.15) is 0 Å². The number of H-pyrrole nitrogens is 1. The SMILES string of the molecule is Cl.Nc1ccc2nc(-c3cccc([N+](=O)[O-])c3)[nH]c(=O)c2c1. The van der Waals surface area contributed by atoms with Gasteiger partial charge < -0.3 is 10.7 Å². The van der Waals surface area contributed by atoms with Crippen LogP contribution in [0, 0.1) is 10.1 Å². The molecule has 3 N–H and O–H groups in total. The maximum Gasteiger partial charge on any atom is 0.270 e. The van der Waals surface area contributed by atoms with Crippen molar-refractivity contribution >= 4 is 34.7 Å². The fraction of sp³-hybridized carbons (Fsp3) is 0. The van der Waals surface area contributed by atoms with Crippen LogP contribution in [0.4, 0.5) is 11.4 Å². The average molecular weight is 319 g/mol. The number of nitrogens with two attached hydrogens (primary N) is 1. The monoisotopic (exact) mass is 318 g/mol. The molecule has 112 valence electrons. The van der Waals surface area contributed by atoms with E-state index in [1.165, 1.54) is 12.1 Å². The number of nitrogen functional groups attached to an aromatic ring is 1. The van der Waals surface area contributed by atoms with E-state index in [1.807, 2.05) is 0 Å². The van der Waals surface area contributed by atoms with Crippen molar-refractivity contribution in [1.29, 1.82) is 0 Å². The Morgan fingerprint density at radius 2 is 1.95 bits per heavy atom. The molecule has 0 unspecified atom stereocenters. The van der Waals surface area contributed by atoms with Crippen LogP contribution in [0.5, 0.6) is 0 Å². The van der Waals surface area contributed by atoms with Crippen LogP contribution in [0.15, 0.2) is 47.3 Å². The van der Waals surface area contributed by atoms with Crippen LogP contribution in [-0.4, -0.2) is 14.9 Å². The van der Waals surface area contributed by atoms with Gasteiger partial charge in [0, 0.05) is 23.4 Å². The van der Waals surface area contributed by atoms with E-state index in [1.54, 1.807) is 30.3 Å². The lowest BCUT2D eigenvalue weighted by atomic mass is 10.1. The van der Waals surface area contributed by atoms with E-state index in [0.717, 1.165) is 0 Å². The molecule has 0 aliphatic heterocycles. The third-order valence-corrected chi connectivity index (χ3v) is 3.06. The van der Waals surface area contributed by atoms with Gasteiger partial charge in [-0.2, -0.15) is 0 Å². The first-order chi connectivity index (χ1) is 10.0. The molecule has 0 atom stereocenters. The van der Waals surface area contributed by atoms with Crippen molar-refractivity contribution in [3.8, 4) is 11.4 Å². The summed E-state index contributed by atoms with van der Waals surface area (Å²) < 4.78 is 0. The molecule has 0 saturated heterocycles. The number of nitro groups is 1. The standard InChI is InChI=1S/C14H10N4O3.ClH/c15-9-4-5-12-11(7-9)14(19)17-13(16-12)8-2-1-3-10(6-8)18(20)21;/h1-7H,15H2,(H,16,17,19);1H. The highest BCUT2D eigenvalue weighted by Gasteiger charge is 2.10. The van der Waals surface area contributed by atoms with E-state index < -0.39 is 4.92 Å². The Hall–Kier alpha value is -2.93. The van der Waals surface area contributed by atoms with Crippen LogP contribution in [0.3, 0.4) is 0 Å². The Morgan fingerprint density at radius 3 is 2.68 bits per heavy atom. The topological polar surface area (TPSA) is 115 Å². The number of fused-ring (bicyclic) bond motifs is 1. The number of hydrogen-bond acceptors (Lipinski definition) is 5. The number of nitrogens with zero attached hydrogens (tertiary/aromatic N) is 2. The number of rotatable bonds is 2. The van der Waals surface area contributed by atoms with Crippen LogP contribution in [-0.2, 0) is 0 Å². The molecule has 1 aromatic heterocycles. The normalized spacial score (nSPS) is 10.2. The summed E-state index contributed by atoms with van der Waals surface area (Å²) in [6.45, 7) is 0. The van der Waals surface area contributed by atoms with Crippen LogP contribution in [0.2, 0.25) is 0 Å². The zero-order valence-corrected chi connectivity index (χ0v) is 12.0. The molecule has 0 aliphatic rings. The number of aromatic nitrogens is 2. The number of anilines is 1. The van der Waals surface area contributed by atoms with E-state index in [4.69, 9.17) is 5.73 Å². The molecular weight excluding hydrogens is 308 g/mol. The lowest BCUT2D eigenvalue weighted by molar-refractivity contribution is -0.384. The number of benzene rings is 2. The van der Waals surface area contributed by atoms with E-state index in [2.05, 4.69) is 9.97 Å². The smallest absolute Gasteiger partial charge is 0.270 e. The first-order valence-corrected chi connectivity index (χ1v) is 6.09. The molecule has 8 heteroatoms. The number of halogens is 1. The van der Waals surface area contributed by atoms with Crippen molar-refractivity contribution in [1.82, 2.24) is 9.97 Å². The first-order valence-electron chi connectivity index (χ1n) is 6.09. The van der Waals surface area contributed by atoms with Gasteiger partial charge in [-0.25, -0.2) is 4.98 Å². The van der Waals surface area contributed by atoms with Crippen molar-refractivity contribution in [2.24, 2.45) is 0 Å². The van der Waals surface area contributed by atoms with E-state index in [9.17, 15) is 14.9 Å². The maximum atomic E-state index is 12.1. The molecule has 22 heavy (non-hydrogen) atoms. The Morgan fingerprint density at radius 1 is 1.18 bits per heavy atom. The predicted octanol–water partition coefficient (Wildman–Crippen LogP) is 2.50. The molecule has 1 heterocycles. The minimum absolute atomic E-state index is 0. The van der Waals surface area contributed by atoms with Gasteiger partial charge in [0.05, 0.1) is 15.8 Å². The largest absolute Gasteiger partial charge is 0.399 e. The quantitative estimate of drug-likeness (QED) is 0.428. The van der Waals surface area contributed by atoms with Gasteiger partial charge in [-0.3, -0.25) is 14.9 Å². The molecule has 0 bridgehead atoms. The number of nitro benzene ring substituents is 1. The van der Waals surface area contributed by atoms with Crippen molar-refractivity contribution in [3.05, 3.63) is 62.9 Å². The third-order valence-electron chi connectivity index (χ3n) is 3.06. The van der Waals surface area contributed by atoms with Crippen molar-refractivity contribution < 1.29 is 4.92 Å². The van der Waals surface area contributed by atoms with E-state index in [-0.39, 0.29) is 29.5 Å². The highest BCUT2D eigenvalue weighted by Crippen LogP contribution is 2.21. The second-order valence-electron chi connectivity index (χ2n) is 4.50. The number of nitrogens with one attached hydrogen (secondary N) is 1. The Kier molecular flexibility index (Phi) is 4.09. The molecule has 0 spiro atoms. The van der Waals surface area contributed by atoms with Gasteiger partial charge in [0.1, 0.15) is 5.82 Å². The molecule has 2 aromatic carbocycles. The first kappa shape index (κ1) is 15.5. The number of aromatic amines is 1. The van der Waals surface area contributed by atoms with Gasteiger partial charge in [0.15, 0.2) is 0 Å². The van der Waals surface area contributed by atoms with Gasteiger partial charge in [0.2, 0.25) is 0 Å². The zero-order valence-electron chi connectivity index (χ0n) is 11.1. The van der Waals surface area contributed by atoms with Crippen LogP contribution < -0.4 is 11.3 Å². The molecule has 3 aromatic rings. The van der Waals surface area contributed by atoms with Crippen molar-refractivity contribution in [3.63, 3.8) is 0 Å². The summed E-state index contributed by atoms with van der Waals surface area (Å²) in [4.78, 5) is 29.3. The fourth-order valence-electron chi connectivity index (χ4n) is 2.06. The summed E-state index contributed by atoms with van der Waals surface area (Å²) in [6, 6.07) is 10.8. The Balaban J connectivity index is 0.00000176. The van der Waals surface area contributed by atoms with Crippen LogP contribution >= 0.6 is 12.4 Å². The average Bonchev–Trinajstić information content (AvgIpc) is 2.48. The molecule has 0 amide bonds. The summed E-state index contributed by atoms with van der Waals surface area (Å²) in [5.74, 6) is 0.279. The highest BCUT2D eigenvalue weighted by molar-refractivity contribution is 5.85. The summed E-state index contributed by atoms with van der Waals surface area (Å²) in [6.07, 6.45) is 0. The summed E-state index contributed by atoms with van der Waals surface area (Å²) in [5.41, 5.74) is 6.66. The third kappa shape index (κ3) is 2.75. The minimum atomic E-state index is -0.497. The molecule has 0 aliphatic carbocycles. The minimum Gasteiger partial charge on any atom is -0.399 e. The molecule has 0 radical (unpaired) electrons. The number of hydrogen-bond donors (Lipinski definition) is 2. The molecule has 3 rings (SSSR count). The molecule has 0 saturated carbocycles. The van der Waals surface area contributed by atoms with Crippen molar-refractivity contribution in [2.75, 3.05) is 5.73 Å². The molecule has 7 nitrogen and oxygen atoms in total. The zero-order chi connectivity index (χ0) is 15.0. The second-order valence-corrected chi connectivity index (χ2v) is 4.50. The maximum absolute atomic E-state index is 12.1. The van der Waals surface area contributed by atoms with Gasteiger partial charge in [0.25, 0.3) is 11.2 Å². The Labute approximate surface area is 130 Å². The van der Waals surface area contributed by atoms with Crippen molar-refractivity contribution in [2.45, 2.75) is 0 Å². The number of non-ortho nitro benzene ring substituents is 1.